The maximum atomic E-state index is 12.2. The highest BCUT2D eigenvalue weighted by molar-refractivity contribution is 5.95. The first-order valence-corrected chi connectivity index (χ1v) is 7.72. The molecule has 0 aliphatic carbocycles. The number of carbonyl (C=O) groups is 3. The van der Waals surface area contributed by atoms with Gasteiger partial charge in [0.15, 0.2) is 0 Å². The summed E-state index contributed by atoms with van der Waals surface area (Å²) >= 11 is 0. The number of carboxylic acid groups (broad SMARTS) is 1. The van der Waals surface area contributed by atoms with E-state index in [4.69, 9.17) is 15.1 Å². The highest BCUT2D eigenvalue weighted by atomic mass is 16.5. The minimum absolute atomic E-state index is 0.0455. The molecule has 0 bridgehead atoms. The summed E-state index contributed by atoms with van der Waals surface area (Å²) < 4.78 is 5.16. The zero-order valence-corrected chi connectivity index (χ0v) is 14.1. The summed E-state index contributed by atoms with van der Waals surface area (Å²) in [4.78, 5) is 34.9. The third kappa shape index (κ3) is 4.45. The highest BCUT2D eigenvalue weighted by Gasteiger charge is 2.15. The summed E-state index contributed by atoms with van der Waals surface area (Å²) in [5.41, 5.74) is 0.672. The van der Waals surface area contributed by atoms with E-state index in [9.17, 15) is 14.4 Å². The van der Waals surface area contributed by atoms with Crippen LogP contribution in [0.25, 0.3) is 0 Å². The van der Waals surface area contributed by atoms with Crippen molar-refractivity contribution in [2.24, 2.45) is 5.92 Å². The second-order valence-corrected chi connectivity index (χ2v) is 5.74. The van der Waals surface area contributed by atoms with Gasteiger partial charge in [-0.25, -0.2) is 9.59 Å². The van der Waals surface area contributed by atoms with Crippen molar-refractivity contribution in [3.05, 3.63) is 59.2 Å². The van der Waals surface area contributed by atoms with Crippen molar-refractivity contribution in [3.63, 3.8) is 0 Å². The van der Waals surface area contributed by atoms with Crippen LogP contribution in [0.2, 0.25) is 0 Å². The van der Waals surface area contributed by atoms with Crippen LogP contribution >= 0.6 is 0 Å². The number of carboxylic acids is 1. The lowest BCUT2D eigenvalue weighted by atomic mass is 10.1. The first-order chi connectivity index (χ1) is 12.3. The van der Waals surface area contributed by atoms with Crippen molar-refractivity contribution in [1.29, 1.82) is 5.26 Å². The maximum absolute atomic E-state index is 12.2. The number of nitrogens with zero attached hydrogens (tertiary/aromatic N) is 1. The van der Waals surface area contributed by atoms with Gasteiger partial charge in [-0.15, -0.1) is 0 Å². The highest BCUT2D eigenvalue weighted by Crippen LogP contribution is 2.22. The maximum Gasteiger partial charge on any atom is 0.343 e. The largest absolute Gasteiger partial charge is 0.478 e. The monoisotopic (exact) mass is 352 g/mol. The van der Waals surface area contributed by atoms with Gasteiger partial charge in [-0.1, -0.05) is 13.8 Å². The molecule has 0 aliphatic rings. The van der Waals surface area contributed by atoms with E-state index < -0.39 is 11.9 Å². The number of nitriles is 1. The van der Waals surface area contributed by atoms with Crippen LogP contribution in [0.15, 0.2) is 42.5 Å². The van der Waals surface area contributed by atoms with Crippen molar-refractivity contribution >= 4 is 23.5 Å². The summed E-state index contributed by atoms with van der Waals surface area (Å²) in [6.45, 7) is 3.53. The summed E-state index contributed by atoms with van der Waals surface area (Å²) in [5, 5.41) is 20.8. The zero-order chi connectivity index (χ0) is 19.3. The molecule has 7 heteroatoms. The number of benzene rings is 2. The quantitative estimate of drug-likeness (QED) is 0.631. The third-order valence-electron chi connectivity index (χ3n) is 3.46. The van der Waals surface area contributed by atoms with E-state index in [2.05, 4.69) is 5.32 Å². The van der Waals surface area contributed by atoms with Crippen LogP contribution in [0.1, 0.15) is 40.1 Å². The number of amides is 1. The molecule has 0 aromatic heterocycles. The molecular weight excluding hydrogens is 336 g/mol. The summed E-state index contributed by atoms with van der Waals surface area (Å²) in [6, 6.07) is 11.5. The zero-order valence-electron chi connectivity index (χ0n) is 14.1. The average Bonchev–Trinajstić information content (AvgIpc) is 2.62. The molecule has 7 nitrogen and oxygen atoms in total. The van der Waals surface area contributed by atoms with E-state index in [0.717, 1.165) is 6.07 Å². The van der Waals surface area contributed by atoms with Crippen LogP contribution in [-0.4, -0.2) is 23.0 Å². The summed E-state index contributed by atoms with van der Waals surface area (Å²) in [5.74, 6) is -2.40. The van der Waals surface area contributed by atoms with Crippen molar-refractivity contribution in [1.82, 2.24) is 0 Å². The number of rotatable bonds is 5. The first-order valence-electron chi connectivity index (χ1n) is 7.72. The number of nitrogens with one attached hydrogen (secondary N) is 1. The average molecular weight is 352 g/mol. The molecule has 0 unspecified atom stereocenters. The Kier molecular flexibility index (Phi) is 5.71. The molecule has 0 heterocycles. The van der Waals surface area contributed by atoms with Gasteiger partial charge in [0.25, 0.3) is 0 Å². The lowest BCUT2D eigenvalue weighted by Gasteiger charge is -2.09. The van der Waals surface area contributed by atoms with Crippen LogP contribution in [0.3, 0.4) is 0 Å². The molecular formula is C19H16N2O5. The van der Waals surface area contributed by atoms with Gasteiger partial charge in [0, 0.05) is 11.6 Å². The predicted octanol–water partition coefficient (Wildman–Crippen LogP) is 3.07. The van der Waals surface area contributed by atoms with Crippen LogP contribution < -0.4 is 10.1 Å². The molecule has 0 radical (unpaired) electrons. The Labute approximate surface area is 149 Å². The fraction of sp³-hybridized carbons (Fsp3) is 0.158. The normalized spacial score (nSPS) is 10.1. The van der Waals surface area contributed by atoms with Crippen LogP contribution in [-0.2, 0) is 4.79 Å². The lowest BCUT2D eigenvalue weighted by molar-refractivity contribution is -0.118. The molecule has 26 heavy (non-hydrogen) atoms. The van der Waals surface area contributed by atoms with E-state index in [1.54, 1.807) is 26.0 Å². The second kappa shape index (κ2) is 7.94. The topological polar surface area (TPSA) is 116 Å². The van der Waals surface area contributed by atoms with E-state index in [1.807, 2.05) is 6.07 Å². The molecule has 0 atom stereocenters. The van der Waals surface area contributed by atoms with Crippen molar-refractivity contribution in [3.8, 4) is 11.8 Å². The van der Waals surface area contributed by atoms with Crippen LogP contribution in [0.4, 0.5) is 5.69 Å². The van der Waals surface area contributed by atoms with Crippen LogP contribution in [0, 0.1) is 17.2 Å². The van der Waals surface area contributed by atoms with E-state index in [0.29, 0.717) is 5.69 Å². The van der Waals surface area contributed by atoms with Gasteiger partial charge in [-0.3, -0.25) is 4.79 Å². The van der Waals surface area contributed by atoms with Gasteiger partial charge in [-0.2, -0.15) is 5.26 Å². The molecule has 0 saturated carbocycles. The van der Waals surface area contributed by atoms with Gasteiger partial charge >= 0.3 is 11.9 Å². The number of anilines is 1. The Balaban J connectivity index is 2.18. The smallest absolute Gasteiger partial charge is 0.343 e. The van der Waals surface area contributed by atoms with Gasteiger partial charge in [0.1, 0.15) is 11.8 Å². The van der Waals surface area contributed by atoms with Gasteiger partial charge < -0.3 is 15.2 Å². The predicted molar refractivity (Wildman–Crippen MR) is 93.0 cm³/mol. The molecule has 2 aromatic rings. The van der Waals surface area contributed by atoms with Crippen molar-refractivity contribution in [2.45, 2.75) is 13.8 Å². The summed E-state index contributed by atoms with van der Waals surface area (Å²) in [7, 11) is 0. The van der Waals surface area contributed by atoms with Gasteiger partial charge in [-0.05, 0) is 42.5 Å². The van der Waals surface area contributed by atoms with Gasteiger partial charge in [0.05, 0.1) is 16.7 Å². The van der Waals surface area contributed by atoms with E-state index >= 15 is 0 Å². The minimum atomic E-state index is -1.20. The summed E-state index contributed by atoms with van der Waals surface area (Å²) in [6.07, 6.45) is 0. The van der Waals surface area contributed by atoms with Crippen molar-refractivity contribution < 1.29 is 24.2 Å². The Morgan fingerprint density at radius 1 is 1.08 bits per heavy atom. The second-order valence-electron chi connectivity index (χ2n) is 5.74. The van der Waals surface area contributed by atoms with E-state index in [-0.39, 0.29) is 34.3 Å². The number of carbonyl (C=O) groups excluding carboxylic acids is 2. The molecule has 2 aromatic carbocycles. The number of hydrogen-bond acceptors (Lipinski definition) is 5. The van der Waals surface area contributed by atoms with Gasteiger partial charge in [0.2, 0.25) is 5.91 Å². The Bertz CT molecular complexity index is 895. The molecule has 2 N–H and O–H groups in total. The number of hydrogen-bond donors (Lipinski definition) is 2. The number of esters is 1. The standard InChI is InChI=1S/C19H16N2O5/c1-11(2)17(22)21-15-7-5-12(6-8-15)19(25)26-16-9-13(18(23)24)3-4-14(16)10-20/h3-9,11H,1-2H3,(H,21,22)(H,23,24). The van der Waals surface area contributed by atoms with Crippen molar-refractivity contribution in [2.75, 3.05) is 5.32 Å². The molecule has 0 fully saturated rings. The third-order valence-corrected chi connectivity index (χ3v) is 3.46. The molecule has 0 saturated heterocycles. The van der Waals surface area contributed by atoms with E-state index in [1.165, 1.54) is 24.3 Å². The Hall–Kier alpha value is -3.66. The fourth-order valence-electron chi connectivity index (χ4n) is 1.97. The minimum Gasteiger partial charge on any atom is -0.478 e. The molecule has 0 spiro atoms. The SMILES string of the molecule is CC(C)C(=O)Nc1ccc(C(=O)Oc2cc(C(=O)O)ccc2C#N)cc1. The number of ether oxygens (including phenoxy) is 1. The fourth-order valence-corrected chi connectivity index (χ4v) is 1.97. The molecule has 1 amide bonds. The Morgan fingerprint density at radius 2 is 1.69 bits per heavy atom. The first kappa shape index (κ1) is 18.7. The molecule has 132 valence electrons. The Morgan fingerprint density at radius 3 is 2.23 bits per heavy atom. The molecule has 0 aliphatic heterocycles. The van der Waals surface area contributed by atoms with Crippen LogP contribution in [0.5, 0.6) is 5.75 Å². The lowest BCUT2D eigenvalue weighted by Crippen LogP contribution is -2.17. The number of aromatic carboxylic acids is 1. The molecule has 2 rings (SSSR count).